The molecule has 0 spiro atoms. The predicted octanol–water partition coefficient (Wildman–Crippen LogP) is 4.96. The van der Waals surface area contributed by atoms with E-state index in [1.165, 1.54) is 11.1 Å². The molecule has 1 aromatic carbocycles. The highest BCUT2D eigenvalue weighted by Crippen LogP contribution is 2.41. The largest absolute Gasteiger partial charge is 0.328 e. The molecule has 3 aromatic rings. The van der Waals surface area contributed by atoms with Crippen LogP contribution in [0, 0.1) is 6.92 Å². The molecular formula is C21H20N4OS2. The van der Waals surface area contributed by atoms with Crippen molar-refractivity contribution in [3.05, 3.63) is 69.1 Å². The third-order valence-electron chi connectivity index (χ3n) is 5.28. The Morgan fingerprint density at radius 2 is 2.14 bits per heavy atom. The summed E-state index contributed by atoms with van der Waals surface area (Å²) in [5.74, 6) is 1.79. The number of aromatic nitrogens is 3. The second-order valence-corrected chi connectivity index (χ2v) is 9.01. The number of Topliss-reactive ketones (excluding diaryl/α,β-unsaturated/α-hetero) is 1. The lowest BCUT2D eigenvalue weighted by atomic mass is 9.88. The molecule has 0 fully saturated rings. The number of nitrogens with one attached hydrogen (secondary N) is 1. The highest BCUT2D eigenvalue weighted by atomic mass is 32.2. The Bertz CT molecular complexity index is 1070. The Morgan fingerprint density at radius 1 is 1.25 bits per heavy atom. The number of nitrogens with zero attached hydrogens (tertiary/aromatic N) is 3. The van der Waals surface area contributed by atoms with Crippen LogP contribution in [0.15, 0.2) is 58.2 Å². The first-order valence-electron chi connectivity index (χ1n) is 9.41. The normalized spacial score (nSPS) is 18.6. The van der Waals surface area contributed by atoms with Gasteiger partial charge in [-0.05, 0) is 42.3 Å². The molecule has 142 valence electrons. The van der Waals surface area contributed by atoms with Crippen molar-refractivity contribution in [3.8, 4) is 0 Å². The van der Waals surface area contributed by atoms with Gasteiger partial charge < -0.3 is 5.32 Å². The van der Waals surface area contributed by atoms with Crippen LogP contribution in [-0.2, 0) is 10.5 Å². The summed E-state index contributed by atoms with van der Waals surface area (Å²) in [7, 11) is 0. The highest BCUT2D eigenvalue weighted by Gasteiger charge is 2.37. The van der Waals surface area contributed by atoms with Gasteiger partial charge in [-0.25, -0.2) is 4.68 Å². The molecule has 0 bridgehead atoms. The van der Waals surface area contributed by atoms with Crippen LogP contribution in [0.3, 0.4) is 0 Å². The van der Waals surface area contributed by atoms with Gasteiger partial charge in [0.25, 0.3) is 0 Å². The molecule has 2 aliphatic rings. The molecule has 0 unspecified atom stereocenters. The van der Waals surface area contributed by atoms with Gasteiger partial charge in [-0.2, -0.15) is 4.98 Å². The third kappa shape index (κ3) is 3.08. The number of anilines is 1. The maximum absolute atomic E-state index is 12.7. The minimum atomic E-state index is -0.167. The van der Waals surface area contributed by atoms with Crippen LogP contribution in [0.25, 0.3) is 0 Å². The summed E-state index contributed by atoms with van der Waals surface area (Å²) in [5.41, 5.74) is 4.44. The molecule has 1 aliphatic carbocycles. The highest BCUT2D eigenvalue weighted by molar-refractivity contribution is 7.98. The molecule has 7 heteroatoms. The number of carbonyl (C=O) groups is 1. The van der Waals surface area contributed by atoms with Crippen molar-refractivity contribution in [2.45, 2.75) is 43.1 Å². The second-order valence-electron chi connectivity index (χ2n) is 7.09. The lowest BCUT2D eigenvalue weighted by Crippen LogP contribution is -2.31. The van der Waals surface area contributed by atoms with Crippen molar-refractivity contribution >= 4 is 34.8 Å². The first-order valence-corrected chi connectivity index (χ1v) is 11.3. The first-order chi connectivity index (χ1) is 13.7. The van der Waals surface area contributed by atoms with Gasteiger partial charge in [-0.3, -0.25) is 4.79 Å². The van der Waals surface area contributed by atoms with Gasteiger partial charge in [0.1, 0.15) is 6.04 Å². The smallest absolute Gasteiger partial charge is 0.227 e. The van der Waals surface area contributed by atoms with E-state index in [0.29, 0.717) is 6.42 Å². The molecule has 0 radical (unpaired) electrons. The standard InChI is InChI=1S/C21H20N4OS2/c1-13-6-2-3-7-14(13)12-28-21-23-20-22-15-8-4-9-16(26)18(15)19(25(20)24-21)17-10-5-11-27-17/h2-3,5-7,10-11,19H,4,8-9,12H2,1H3,(H,22,23,24)/t19-/m1/s1. The van der Waals surface area contributed by atoms with E-state index in [2.05, 4.69) is 48.0 Å². The number of benzene rings is 1. The van der Waals surface area contributed by atoms with E-state index >= 15 is 0 Å². The molecule has 28 heavy (non-hydrogen) atoms. The summed E-state index contributed by atoms with van der Waals surface area (Å²) in [6, 6.07) is 12.3. The molecule has 5 rings (SSSR count). The van der Waals surface area contributed by atoms with Gasteiger partial charge >= 0.3 is 0 Å². The Kier molecular flexibility index (Phi) is 4.56. The van der Waals surface area contributed by atoms with E-state index in [1.807, 2.05) is 10.7 Å². The van der Waals surface area contributed by atoms with Gasteiger partial charge in [0.15, 0.2) is 5.78 Å². The number of fused-ring (bicyclic) bond motifs is 1. The molecule has 0 saturated carbocycles. The monoisotopic (exact) mass is 408 g/mol. The van der Waals surface area contributed by atoms with Crippen LogP contribution >= 0.6 is 23.1 Å². The topological polar surface area (TPSA) is 59.8 Å². The average Bonchev–Trinajstić information content (AvgIpc) is 3.35. The van der Waals surface area contributed by atoms with Crippen molar-refractivity contribution in [2.75, 3.05) is 5.32 Å². The molecule has 1 atom stereocenters. The molecular weight excluding hydrogens is 388 g/mol. The molecule has 1 N–H and O–H groups in total. The Labute approximate surface area is 171 Å². The number of carbonyl (C=O) groups excluding carboxylic acids is 1. The minimum absolute atomic E-state index is 0.167. The zero-order valence-electron chi connectivity index (χ0n) is 15.5. The lowest BCUT2D eigenvalue weighted by molar-refractivity contribution is -0.116. The zero-order valence-corrected chi connectivity index (χ0v) is 17.1. The van der Waals surface area contributed by atoms with Gasteiger partial charge in [0, 0.05) is 28.3 Å². The van der Waals surface area contributed by atoms with Crippen LogP contribution in [0.2, 0.25) is 0 Å². The Morgan fingerprint density at radius 3 is 2.96 bits per heavy atom. The van der Waals surface area contributed by atoms with Crippen molar-refractivity contribution in [1.29, 1.82) is 0 Å². The number of hydrogen-bond acceptors (Lipinski definition) is 6. The number of thioether (sulfide) groups is 1. The number of aryl methyl sites for hydroxylation is 1. The number of allylic oxidation sites excluding steroid dienone is 2. The predicted molar refractivity (Wildman–Crippen MR) is 113 cm³/mol. The third-order valence-corrected chi connectivity index (χ3v) is 7.09. The van der Waals surface area contributed by atoms with Crippen LogP contribution in [0.4, 0.5) is 5.95 Å². The van der Waals surface area contributed by atoms with E-state index in [9.17, 15) is 4.79 Å². The van der Waals surface area contributed by atoms with Crippen molar-refractivity contribution in [1.82, 2.24) is 14.8 Å². The van der Waals surface area contributed by atoms with E-state index in [0.717, 1.165) is 45.8 Å². The molecule has 0 amide bonds. The van der Waals surface area contributed by atoms with Gasteiger partial charge in [0.2, 0.25) is 11.1 Å². The van der Waals surface area contributed by atoms with Gasteiger partial charge in [0.05, 0.1) is 0 Å². The van der Waals surface area contributed by atoms with Gasteiger partial charge in [-0.1, -0.05) is 42.1 Å². The average molecular weight is 409 g/mol. The maximum Gasteiger partial charge on any atom is 0.227 e. The Balaban J connectivity index is 1.49. The van der Waals surface area contributed by atoms with E-state index in [4.69, 9.17) is 10.1 Å². The van der Waals surface area contributed by atoms with Crippen molar-refractivity contribution < 1.29 is 4.79 Å². The fourth-order valence-electron chi connectivity index (χ4n) is 3.82. The van der Waals surface area contributed by atoms with E-state index in [1.54, 1.807) is 23.1 Å². The number of ketones is 1. The molecule has 2 aromatic heterocycles. The van der Waals surface area contributed by atoms with Crippen LogP contribution < -0.4 is 5.32 Å². The fourth-order valence-corrected chi connectivity index (χ4v) is 5.55. The van der Waals surface area contributed by atoms with E-state index < -0.39 is 0 Å². The summed E-state index contributed by atoms with van der Waals surface area (Å²) in [5, 5.41) is 11.0. The summed E-state index contributed by atoms with van der Waals surface area (Å²) in [6.07, 6.45) is 2.40. The maximum atomic E-state index is 12.7. The first kappa shape index (κ1) is 17.7. The molecule has 1 aliphatic heterocycles. The lowest BCUT2D eigenvalue weighted by Gasteiger charge is -2.31. The summed E-state index contributed by atoms with van der Waals surface area (Å²) in [4.78, 5) is 18.6. The Hall–Kier alpha value is -2.38. The molecule has 0 saturated heterocycles. The minimum Gasteiger partial charge on any atom is -0.328 e. The van der Waals surface area contributed by atoms with Crippen molar-refractivity contribution in [2.24, 2.45) is 0 Å². The van der Waals surface area contributed by atoms with Crippen molar-refractivity contribution in [3.63, 3.8) is 0 Å². The summed E-state index contributed by atoms with van der Waals surface area (Å²) < 4.78 is 1.90. The van der Waals surface area contributed by atoms with E-state index in [-0.39, 0.29) is 11.8 Å². The van der Waals surface area contributed by atoms with Crippen LogP contribution in [-0.4, -0.2) is 20.5 Å². The number of thiophene rings is 1. The number of rotatable bonds is 4. The second kappa shape index (κ2) is 7.22. The zero-order chi connectivity index (χ0) is 19.1. The SMILES string of the molecule is Cc1ccccc1CSc1nc2n(n1)[C@H](c1cccs1)C1=C(CCCC1=O)N2. The fraction of sp³-hybridized carbons (Fsp3) is 0.286. The quantitative estimate of drug-likeness (QED) is 0.618. The van der Waals surface area contributed by atoms with Gasteiger partial charge in [-0.15, -0.1) is 16.4 Å². The summed E-state index contributed by atoms with van der Waals surface area (Å²) >= 11 is 3.29. The molecule has 5 nitrogen and oxygen atoms in total. The number of hydrogen-bond donors (Lipinski definition) is 1. The summed E-state index contributed by atoms with van der Waals surface area (Å²) in [6.45, 7) is 2.12. The molecule has 3 heterocycles. The van der Waals surface area contributed by atoms with Crippen LogP contribution in [0.1, 0.15) is 41.3 Å². The van der Waals surface area contributed by atoms with Crippen LogP contribution in [0.5, 0.6) is 0 Å².